The molecule has 4 rings (SSSR count). The highest BCUT2D eigenvalue weighted by Crippen LogP contribution is 2.24. The van der Waals surface area contributed by atoms with Gasteiger partial charge in [0.1, 0.15) is 17.3 Å². The van der Waals surface area contributed by atoms with Gasteiger partial charge in [-0.15, -0.1) is 0 Å². The second-order valence-electron chi connectivity index (χ2n) is 7.14. The van der Waals surface area contributed by atoms with E-state index < -0.39 is 11.9 Å². The second kappa shape index (κ2) is 7.59. The number of amides is 3. The zero-order chi connectivity index (χ0) is 21.4. The van der Waals surface area contributed by atoms with E-state index in [1.807, 2.05) is 24.5 Å². The van der Waals surface area contributed by atoms with Crippen molar-refractivity contribution in [1.29, 1.82) is 0 Å². The van der Waals surface area contributed by atoms with Crippen LogP contribution in [0, 0.1) is 25.5 Å². The summed E-state index contributed by atoms with van der Waals surface area (Å²) in [6, 6.07) is 13.2. The standard InChI is InChI=1S/C23H19F2N3O2/c1-14-11-17(15(2)28(14)20-9-7-19(25)8-10-20)12-21-22(29)27(23(30)26-21)13-16-3-5-18(24)6-4-16/h3-12H,13H2,1-2H3,(H,26,30)/b21-12+. The normalized spacial score (nSPS) is 15.2. The first-order chi connectivity index (χ1) is 14.3. The van der Waals surface area contributed by atoms with Crippen LogP contribution >= 0.6 is 0 Å². The van der Waals surface area contributed by atoms with Gasteiger partial charge >= 0.3 is 6.03 Å². The van der Waals surface area contributed by atoms with Crippen molar-refractivity contribution in [3.63, 3.8) is 0 Å². The molecule has 3 amide bonds. The lowest BCUT2D eigenvalue weighted by Crippen LogP contribution is -2.30. The van der Waals surface area contributed by atoms with Crippen molar-refractivity contribution >= 4 is 18.0 Å². The average molecular weight is 407 g/mol. The van der Waals surface area contributed by atoms with E-state index in [2.05, 4.69) is 5.32 Å². The van der Waals surface area contributed by atoms with Crippen molar-refractivity contribution in [1.82, 2.24) is 14.8 Å². The number of nitrogens with one attached hydrogen (secondary N) is 1. The van der Waals surface area contributed by atoms with Crippen LogP contribution in [0.3, 0.4) is 0 Å². The number of imide groups is 1. The van der Waals surface area contributed by atoms with Gasteiger partial charge in [-0.25, -0.2) is 13.6 Å². The van der Waals surface area contributed by atoms with Gasteiger partial charge in [-0.05, 0) is 73.5 Å². The third-order valence-corrected chi connectivity index (χ3v) is 5.07. The van der Waals surface area contributed by atoms with Gasteiger partial charge in [0.25, 0.3) is 5.91 Å². The van der Waals surface area contributed by atoms with Crippen molar-refractivity contribution in [2.24, 2.45) is 0 Å². The fraction of sp³-hybridized carbons (Fsp3) is 0.130. The molecule has 0 bridgehead atoms. The van der Waals surface area contributed by atoms with Crippen LogP contribution < -0.4 is 5.32 Å². The average Bonchev–Trinajstić information content (AvgIpc) is 3.14. The largest absolute Gasteiger partial charge is 0.329 e. The SMILES string of the molecule is Cc1cc(/C=C2/NC(=O)N(Cc3ccc(F)cc3)C2=O)c(C)n1-c1ccc(F)cc1. The summed E-state index contributed by atoms with van der Waals surface area (Å²) in [6.45, 7) is 3.85. The van der Waals surface area contributed by atoms with Gasteiger partial charge in [-0.3, -0.25) is 9.69 Å². The number of aromatic nitrogens is 1. The molecule has 1 N–H and O–H groups in total. The zero-order valence-corrected chi connectivity index (χ0v) is 16.4. The molecule has 0 spiro atoms. The first-order valence-corrected chi connectivity index (χ1v) is 9.37. The fourth-order valence-electron chi connectivity index (χ4n) is 3.56. The predicted octanol–water partition coefficient (Wildman–Crippen LogP) is 4.47. The molecule has 0 unspecified atom stereocenters. The molecule has 1 aliphatic heterocycles. The van der Waals surface area contributed by atoms with Crippen LogP contribution in [0.25, 0.3) is 11.8 Å². The molecule has 30 heavy (non-hydrogen) atoms. The summed E-state index contributed by atoms with van der Waals surface area (Å²) >= 11 is 0. The van der Waals surface area contributed by atoms with Crippen LogP contribution in [0.4, 0.5) is 13.6 Å². The van der Waals surface area contributed by atoms with Crippen LogP contribution in [0.1, 0.15) is 22.5 Å². The zero-order valence-electron chi connectivity index (χ0n) is 16.4. The van der Waals surface area contributed by atoms with Crippen LogP contribution in [0.2, 0.25) is 0 Å². The Labute approximate surface area is 172 Å². The molecule has 1 fully saturated rings. The Bertz CT molecular complexity index is 1160. The highest BCUT2D eigenvalue weighted by atomic mass is 19.1. The van der Waals surface area contributed by atoms with Gasteiger partial charge in [0.15, 0.2) is 0 Å². The van der Waals surface area contributed by atoms with Crippen LogP contribution in [-0.2, 0) is 11.3 Å². The molecule has 1 aliphatic rings. The molecule has 2 aromatic carbocycles. The topological polar surface area (TPSA) is 54.3 Å². The van der Waals surface area contributed by atoms with Crippen molar-refractivity contribution in [3.05, 3.63) is 94.4 Å². The third-order valence-electron chi connectivity index (χ3n) is 5.07. The molecule has 2 heterocycles. The van der Waals surface area contributed by atoms with E-state index in [1.54, 1.807) is 18.2 Å². The number of carbonyl (C=O) groups excluding carboxylic acids is 2. The van der Waals surface area contributed by atoms with Crippen LogP contribution in [-0.4, -0.2) is 21.4 Å². The monoisotopic (exact) mass is 407 g/mol. The molecule has 152 valence electrons. The van der Waals surface area contributed by atoms with Gasteiger partial charge in [-0.2, -0.15) is 0 Å². The van der Waals surface area contributed by atoms with E-state index in [-0.39, 0.29) is 23.9 Å². The molecular formula is C23H19F2N3O2. The summed E-state index contributed by atoms with van der Waals surface area (Å²) in [5, 5.41) is 2.60. The molecule has 1 saturated heterocycles. The number of hydrogen-bond donors (Lipinski definition) is 1. The number of benzene rings is 2. The molecule has 0 atom stereocenters. The number of nitrogens with zero attached hydrogens (tertiary/aromatic N) is 2. The van der Waals surface area contributed by atoms with Crippen LogP contribution in [0.5, 0.6) is 0 Å². The Morgan fingerprint density at radius 3 is 2.17 bits per heavy atom. The number of rotatable bonds is 4. The fourth-order valence-corrected chi connectivity index (χ4v) is 3.56. The first kappa shape index (κ1) is 19.6. The third kappa shape index (κ3) is 3.61. The first-order valence-electron chi connectivity index (χ1n) is 9.37. The minimum absolute atomic E-state index is 0.0525. The van der Waals surface area contributed by atoms with E-state index in [0.717, 1.165) is 27.5 Å². The van der Waals surface area contributed by atoms with Gasteiger partial charge in [0.2, 0.25) is 0 Å². The van der Waals surface area contributed by atoms with Gasteiger partial charge in [0, 0.05) is 17.1 Å². The molecule has 5 nitrogen and oxygen atoms in total. The molecule has 0 saturated carbocycles. The summed E-state index contributed by atoms with van der Waals surface area (Å²) in [4.78, 5) is 26.1. The summed E-state index contributed by atoms with van der Waals surface area (Å²) in [6.07, 6.45) is 1.63. The van der Waals surface area contributed by atoms with Crippen molar-refractivity contribution in [2.45, 2.75) is 20.4 Å². The Morgan fingerprint density at radius 1 is 0.933 bits per heavy atom. The number of aryl methyl sites for hydroxylation is 1. The summed E-state index contributed by atoms with van der Waals surface area (Å²) in [5.74, 6) is -1.15. The number of halogens is 2. The smallest absolute Gasteiger partial charge is 0.318 e. The summed E-state index contributed by atoms with van der Waals surface area (Å²) in [5.41, 5.74) is 4.15. The quantitative estimate of drug-likeness (QED) is 0.513. The lowest BCUT2D eigenvalue weighted by molar-refractivity contribution is -0.123. The van der Waals surface area contributed by atoms with Gasteiger partial charge in [-0.1, -0.05) is 12.1 Å². The maximum Gasteiger partial charge on any atom is 0.329 e. The number of hydrogen-bond acceptors (Lipinski definition) is 2. The Morgan fingerprint density at radius 2 is 1.53 bits per heavy atom. The van der Waals surface area contributed by atoms with E-state index in [4.69, 9.17) is 0 Å². The highest BCUT2D eigenvalue weighted by Gasteiger charge is 2.33. The van der Waals surface area contributed by atoms with E-state index in [9.17, 15) is 18.4 Å². The summed E-state index contributed by atoms with van der Waals surface area (Å²) < 4.78 is 28.3. The van der Waals surface area contributed by atoms with E-state index in [1.165, 1.54) is 36.4 Å². The number of carbonyl (C=O) groups is 2. The highest BCUT2D eigenvalue weighted by molar-refractivity contribution is 6.13. The lowest BCUT2D eigenvalue weighted by Gasteiger charge is -2.11. The molecular weight excluding hydrogens is 388 g/mol. The molecule has 3 aromatic rings. The van der Waals surface area contributed by atoms with Crippen molar-refractivity contribution in [3.8, 4) is 5.69 Å². The summed E-state index contributed by atoms with van der Waals surface area (Å²) in [7, 11) is 0. The van der Waals surface area contributed by atoms with Crippen molar-refractivity contribution < 1.29 is 18.4 Å². The molecule has 1 aromatic heterocycles. The minimum Gasteiger partial charge on any atom is -0.318 e. The van der Waals surface area contributed by atoms with Crippen molar-refractivity contribution in [2.75, 3.05) is 0 Å². The lowest BCUT2D eigenvalue weighted by atomic mass is 10.2. The second-order valence-corrected chi connectivity index (χ2v) is 7.14. The van der Waals surface area contributed by atoms with Gasteiger partial charge < -0.3 is 9.88 Å². The Balaban J connectivity index is 1.61. The number of urea groups is 1. The molecule has 0 aliphatic carbocycles. The Hall–Kier alpha value is -3.74. The van der Waals surface area contributed by atoms with Gasteiger partial charge in [0.05, 0.1) is 6.54 Å². The predicted molar refractivity (Wildman–Crippen MR) is 109 cm³/mol. The van der Waals surface area contributed by atoms with E-state index >= 15 is 0 Å². The Kier molecular flexibility index (Phi) is 4.95. The maximum atomic E-state index is 13.3. The van der Waals surface area contributed by atoms with Crippen LogP contribution in [0.15, 0.2) is 60.3 Å². The molecule has 0 radical (unpaired) electrons. The molecule has 7 heteroatoms. The maximum absolute atomic E-state index is 13.3. The van der Waals surface area contributed by atoms with E-state index in [0.29, 0.717) is 5.56 Å². The minimum atomic E-state index is -0.525.